The fourth-order valence-corrected chi connectivity index (χ4v) is 4.45. The maximum absolute atomic E-state index is 12.6. The number of fused-ring (bicyclic) bond motifs is 1. The Morgan fingerprint density at radius 2 is 1.53 bits per heavy atom. The molecule has 4 rings (SSSR count). The fraction of sp³-hybridized carbons (Fsp3) is 0.296. The highest BCUT2D eigenvalue weighted by molar-refractivity contribution is 5.91. The van der Waals surface area contributed by atoms with Crippen LogP contribution in [0.3, 0.4) is 0 Å². The molecule has 5 heteroatoms. The Morgan fingerprint density at radius 3 is 2.19 bits per heavy atom. The van der Waals surface area contributed by atoms with E-state index in [-0.39, 0.29) is 5.91 Å². The second-order valence-corrected chi connectivity index (χ2v) is 8.76. The first-order valence-corrected chi connectivity index (χ1v) is 11.0. The number of pyridine rings is 1. The normalized spacial score (nSPS) is 11.2. The molecule has 2 heterocycles. The van der Waals surface area contributed by atoms with Crippen LogP contribution in [-0.4, -0.2) is 20.7 Å². The van der Waals surface area contributed by atoms with Gasteiger partial charge in [0.05, 0.1) is 11.4 Å². The van der Waals surface area contributed by atoms with Crippen LogP contribution in [0.1, 0.15) is 45.6 Å². The Balaban J connectivity index is 1.60. The first-order chi connectivity index (χ1) is 15.2. The van der Waals surface area contributed by atoms with Crippen molar-refractivity contribution < 1.29 is 4.79 Å². The van der Waals surface area contributed by atoms with Gasteiger partial charge in [-0.1, -0.05) is 23.8 Å². The van der Waals surface area contributed by atoms with Crippen molar-refractivity contribution in [1.82, 2.24) is 14.8 Å². The second kappa shape index (κ2) is 8.58. The van der Waals surface area contributed by atoms with E-state index in [9.17, 15) is 4.79 Å². The molecule has 2 aromatic carbocycles. The molecule has 2 aromatic heterocycles. The zero-order chi connectivity index (χ0) is 23.0. The number of anilines is 1. The van der Waals surface area contributed by atoms with Crippen LogP contribution in [0.4, 0.5) is 5.69 Å². The van der Waals surface area contributed by atoms with E-state index in [2.05, 4.69) is 49.5 Å². The van der Waals surface area contributed by atoms with Crippen molar-refractivity contribution in [2.75, 3.05) is 5.32 Å². The van der Waals surface area contributed by atoms with Crippen molar-refractivity contribution in [2.45, 2.75) is 54.4 Å². The monoisotopic (exact) mass is 426 g/mol. The van der Waals surface area contributed by atoms with E-state index in [1.165, 1.54) is 5.56 Å². The third-order valence-corrected chi connectivity index (χ3v) is 5.96. The van der Waals surface area contributed by atoms with Crippen LogP contribution in [0, 0.1) is 41.5 Å². The number of hydrogen-bond donors (Lipinski definition) is 1. The van der Waals surface area contributed by atoms with E-state index >= 15 is 0 Å². The molecule has 0 spiro atoms. The van der Waals surface area contributed by atoms with Crippen molar-refractivity contribution in [3.05, 3.63) is 81.7 Å². The first-order valence-electron chi connectivity index (χ1n) is 11.0. The van der Waals surface area contributed by atoms with Gasteiger partial charge in [-0.2, -0.15) is 5.10 Å². The minimum absolute atomic E-state index is 0.0148. The Morgan fingerprint density at radius 1 is 0.875 bits per heavy atom. The molecule has 0 radical (unpaired) electrons. The average molecular weight is 427 g/mol. The summed E-state index contributed by atoms with van der Waals surface area (Å²) in [7, 11) is 0. The molecule has 0 aliphatic heterocycles. The summed E-state index contributed by atoms with van der Waals surface area (Å²) in [5.74, 6) is 0.0148. The summed E-state index contributed by atoms with van der Waals surface area (Å²) in [6.45, 7) is 12.3. The van der Waals surface area contributed by atoms with Crippen LogP contribution in [0.25, 0.3) is 16.7 Å². The molecule has 0 saturated carbocycles. The maximum Gasteiger partial charge on any atom is 0.224 e. The van der Waals surface area contributed by atoms with Crippen LogP contribution >= 0.6 is 0 Å². The molecule has 164 valence electrons. The highest BCUT2D eigenvalue weighted by Crippen LogP contribution is 2.28. The van der Waals surface area contributed by atoms with Crippen LogP contribution < -0.4 is 5.32 Å². The lowest BCUT2D eigenvalue weighted by atomic mass is 9.99. The zero-order valence-corrected chi connectivity index (χ0v) is 19.7. The third-order valence-electron chi connectivity index (χ3n) is 5.96. The van der Waals surface area contributed by atoms with E-state index < -0.39 is 0 Å². The number of carbonyl (C=O) groups excluding carboxylic acids is 1. The summed E-state index contributed by atoms with van der Waals surface area (Å²) >= 11 is 0. The predicted molar refractivity (Wildman–Crippen MR) is 131 cm³/mol. The summed E-state index contributed by atoms with van der Waals surface area (Å²) in [5.41, 5.74) is 10.4. The predicted octanol–water partition coefficient (Wildman–Crippen LogP) is 5.84. The Kier molecular flexibility index (Phi) is 5.83. The minimum atomic E-state index is 0.0148. The van der Waals surface area contributed by atoms with Gasteiger partial charge in [-0.3, -0.25) is 4.79 Å². The van der Waals surface area contributed by atoms with Crippen molar-refractivity contribution in [3.8, 4) is 5.69 Å². The molecule has 1 N–H and O–H groups in total. The van der Waals surface area contributed by atoms with Crippen molar-refractivity contribution in [2.24, 2.45) is 0 Å². The SMILES string of the molecule is Cc1ccc(-n2nc(C)c3c(C)c(CCC(=O)Nc4cc(C)cc(C)c4)c(C)nc32)cc1. The number of benzene rings is 2. The fourth-order valence-electron chi connectivity index (χ4n) is 4.45. The van der Waals surface area contributed by atoms with Crippen LogP contribution in [0.2, 0.25) is 0 Å². The topological polar surface area (TPSA) is 59.8 Å². The van der Waals surface area contributed by atoms with E-state index in [0.717, 1.165) is 56.0 Å². The quantitative estimate of drug-likeness (QED) is 0.436. The molecule has 0 fully saturated rings. The molecule has 32 heavy (non-hydrogen) atoms. The highest BCUT2D eigenvalue weighted by atomic mass is 16.1. The lowest BCUT2D eigenvalue weighted by Gasteiger charge is -2.12. The number of hydrogen-bond acceptors (Lipinski definition) is 3. The molecule has 0 saturated heterocycles. The van der Waals surface area contributed by atoms with Gasteiger partial charge in [0, 0.05) is 23.2 Å². The standard InChI is InChI=1S/C27H30N4O/c1-16-7-9-23(10-8-16)31-27-26(21(6)30-31)19(4)24(20(5)28-27)11-12-25(32)29-22-14-17(2)13-18(3)15-22/h7-10,13-15H,11-12H2,1-6H3,(H,29,32). The smallest absolute Gasteiger partial charge is 0.224 e. The first kappa shape index (κ1) is 21.8. The van der Waals surface area contributed by atoms with Gasteiger partial charge in [-0.15, -0.1) is 0 Å². The molecule has 5 nitrogen and oxygen atoms in total. The van der Waals surface area contributed by atoms with E-state index in [4.69, 9.17) is 10.1 Å². The molecular weight excluding hydrogens is 396 g/mol. The minimum Gasteiger partial charge on any atom is -0.326 e. The largest absolute Gasteiger partial charge is 0.326 e. The Labute approximate surface area is 189 Å². The maximum atomic E-state index is 12.6. The average Bonchev–Trinajstić information content (AvgIpc) is 3.03. The Bertz CT molecular complexity index is 1300. The Hall–Kier alpha value is -3.47. The summed E-state index contributed by atoms with van der Waals surface area (Å²) in [5, 5.41) is 8.88. The van der Waals surface area contributed by atoms with E-state index in [0.29, 0.717) is 12.8 Å². The van der Waals surface area contributed by atoms with Crippen LogP contribution in [-0.2, 0) is 11.2 Å². The summed E-state index contributed by atoms with van der Waals surface area (Å²) in [4.78, 5) is 17.5. The second-order valence-electron chi connectivity index (χ2n) is 8.76. The van der Waals surface area contributed by atoms with Gasteiger partial charge in [0.25, 0.3) is 0 Å². The number of aromatic nitrogens is 3. The zero-order valence-electron chi connectivity index (χ0n) is 19.7. The van der Waals surface area contributed by atoms with Gasteiger partial charge >= 0.3 is 0 Å². The lowest BCUT2D eigenvalue weighted by Crippen LogP contribution is -2.13. The van der Waals surface area contributed by atoms with Gasteiger partial charge in [0.15, 0.2) is 5.65 Å². The van der Waals surface area contributed by atoms with Crippen molar-refractivity contribution in [3.63, 3.8) is 0 Å². The molecule has 0 atom stereocenters. The van der Waals surface area contributed by atoms with E-state index in [1.807, 2.05) is 44.5 Å². The third kappa shape index (κ3) is 4.28. The number of nitrogens with zero attached hydrogens (tertiary/aromatic N) is 3. The van der Waals surface area contributed by atoms with Gasteiger partial charge in [-0.05, 0) is 94.5 Å². The van der Waals surface area contributed by atoms with Crippen LogP contribution in [0.5, 0.6) is 0 Å². The number of rotatable bonds is 5. The molecule has 1 amide bonds. The number of nitrogens with one attached hydrogen (secondary N) is 1. The molecule has 0 aliphatic rings. The summed E-state index contributed by atoms with van der Waals surface area (Å²) in [6.07, 6.45) is 1.05. The van der Waals surface area contributed by atoms with Gasteiger partial charge in [0.2, 0.25) is 5.91 Å². The number of aryl methyl sites for hydroxylation is 6. The van der Waals surface area contributed by atoms with Gasteiger partial charge in [-0.25, -0.2) is 9.67 Å². The lowest BCUT2D eigenvalue weighted by molar-refractivity contribution is -0.116. The van der Waals surface area contributed by atoms with E-state index in [1.54, 1.807) is 0 Å². The van der Waals surface area contributed by atoms with Crippen LogP contribution in [0.15, 0.2) is 42.5 Å². The van der Waals surface area contributed by atoms with Gasteiger partial charge in [0.1, 0.15) is 0 Å². The molecule has 4 aromatic rings. The molecule has 0 unspecified atom stereocenters. The molecule has 0 aliphatic carbocycles. The molecular formula is C27H30N4O. The number of amides is 1. The van der Waals surface area contributed by atoms with Crippen molar-refractivity contribution >= 4 is 22.6 Å². The highest BCUT2D eigenvalue weighted by Gasteiger charge is 2.18. The van der Waals surface area contributed by atoms with Crippen molar-refractivity contribution in [1.29, 1.82) is 0 Å². The summed E-state index contributed by atoms with van der Waals surface area (Å²) in [6, 6.07) is 14.4. The summed E-state index contributed by atoms with van der Waals surface area (Å²) < 4.78 is 1.92. The van der Waals surface area contributed by atoms with Gasteiger partial charge < -0.3 is 5.32 Å². The molecule has 0 bridgehead atoms. The number of carbonyl (C=O) groups is 1.